The SMILES string of the molecule is CC1=C(C(=O)OC(C)C)C(c2ccc(OC(C)C)cc2)n2nnnc2N1. The van der Waals surface area contributed by atoms with Gasteiger partial charge in [-0.2, -0.15) is 4.68 Å². The van der Waals surface area contributed by atoms with Crippen molar-refractivity contribution in [1.82, 2.24) is 20.2 Å². The van der Waals surface area contributed by atoms with Gasteiger partial charge in [-0.15, -0.1) is 0 Å². The minimum Gasteiger partial charge on any atom is -0.491 e. The average Bonchev–Trinajstić information content (AvgIpc) is 3.01. The van der Waals surface area contributed by atoms with Crippen molar-refractivity contribution in [2.75, 3.05) is 5.32 Å². The number of anilines is 1. The van der Waals surface area contributed by atoms with Crippen LogP contribution in [0.3, 0.4) is 0 Å². The predicted octanol–water partition coefficient (Wildman–Crippen LogP) is 2.70. The summed E-state index contributed by atoms with van der Waals surface area (Å²) in [5.74, 6) is 0.858. The number of ether oxygens (including phenoxy) is 2. The van der Waals surface area contributed by atoms with Gasteiger partial charge in [0.05, 0.1) is 17.8 Å². The van der Waals surface area contributed by atoms with Gasteiger partial charge in [0.1, 0.15) is 11.8 Å². The van der Waals surface area contributed by atoms with Crippen LogP contribution in [0.4, 0.5) is 5.95 Å². The van der Waals surface area contributed by atoms with Crippen molar-refractivity contribution < 1.29 is 14.3 Å². The monoisotopic (exact) mass is 357 g/mol. The number of tetrazole rings is 1. The summed E-state index contributed by atoms with van der Waals surface area (Å²) < 4.78 is 12.7. The highest BCUT2D eigenvalue weighted by Crippen LogP contribution is 2.35. The Balaban J connectivity index is 2.02. The topological polar surface area (TPSA) is 91.2 Å². The summed E-state index contributed by atoms with van der Waals surface area (Å²) in [6.07, 6.45) is -0.134. The first-order valence-electron chi connectivity index (χ1n) is 8.60. The maximum absolute atomic E-state index is 12.7. The zero-order valence-electron chi connectivity index (χ0n) is 15.6. The van der Waals surface area contributed by atoms with Crippen molar-refractivity contribution in [2.45, 2.75) is 52.9 Å². The number of hydrogen-bond acceptors (Lipinski definition) is 7. The van der Waals surface area contributed by atoms with E-state index in [9.17, 15) is 4.79 Å². The number of rotatable bonds is 5. The maximum Gasteiger partial charge on any atom is 0.338 e. The van der Waals surface area contributed by atoms with Gasteiger partial charge in [0.15, 0.2) is 0 Å². The van der Waals surface area contributed by atoms with Crippen LogP contribution in [0.2, 0.25) is 0 Å². The first-order chi connectivity index (χ1) is 12.4. The molecule has 138 valence electrons. The van der Waals surface area contributed by atoms with Gasteiger partial charge in [-0.25, -0.2) is 4.79 Å². The summed E-state index contributed by atoms with van der Waals surface area (Å²) in [4.78, 5) is 12.7. The molecule has 0 amide bonds. The average molecular weight is 357 g/mol. The third kappa shape index (κ3) is 3.54. The molecule has 0 saturated carbocycles. The second-order valence-corrected chi connectivity index (χ2v) is 6.70. The number of esters is 1. The summed E-state index contributed by atoms with van der Waals surface area (Å²) >= 11 is 0. The number of allylic oxidation sites excluding steroid dienone is 1. The van der Waals surface area contributed by atoms with Crippen molar-refractivity contribution in [3.8, 4) is 5.75 Å². The Hall–Kier alpha value is -2.90. The largest absolute Gasteiger partial charge is 0.491 e. The van der Waals surface area contributed by atoms with E-state index in [0.717, 1.165) is 11.3 Å². The zero-order chi connectivity index (χ0) is 18.8. The van der Waals surface area contributed by atoms with Crippen LogP contribution in [-0.4, -0.2) is 38.4 Å². The third-order valence-electron chi connectivity index (χ3n) is 3.84. The fraction of sp³-hybridized carbons (Fsp3) is 0.444. The van der Waals surface area contributed by atoms with Crippen molar-refractivity contribution in [3.05, 3.63) is 41.1 Å². The molecule has 1 N–H and O–H groups in total. The van der Waals surface area contributed by atoms with Crippen molar-refractivity contribution in [1.29, 1.82) is 0 Å². The van der Waals surface area contributed by atoms with Gasteiger partial charge in [-0.05, 0) is 62.7 Å². The van der Waals surface area contributed by atoms with Crippen LogP contribution in [0, 0.1) is 0 Å². The van der Waals surface area contributed by atoms with Gasteiger partial charge in [0.2, 0.25) is 5.95 Å². The first kappa shape index (κ1) is 17.9. The van der Waals surface area contributed by atoms with Crippen LogP contribution in [0.15, 0.2) is 35.5 Å². The third-order valence-corrected chi connectivity index (χ3v) is 3.84. The summed E-state index contributed by atoms with van der Waals surface area (Å²) in [5.41, 5.74) is 2.02. The molecule has 0 radical (unpaired) electrons. The number of nitrogens with zero attached hydrogens (tertiary/aromatic N) is 4. The van der Waals surface area contributed by atoms with Crippen LogP contribution >= 0.6 is 0 Å². The van der Waals surface area contributed by atoms with Gasteiger partial charge in [0, 0.05) is 5.70 Å². The standard InChI is InChI=1S/C18H23N5O3/c1-10(2)25-14-8-6-13(7-9-14)16-15(17(24)26-11(3)4)12(5)19-18-20-21-22-23(16)18/h6-11,16H,1-5H3,(H,19,20,22). The van der Waals surface area contributed by atoms with E-state index in [0.29, 0.717) is 17.2 Å². The van der Waals surface area contributed by atoms with Crippen LogP contribution < -0.4 is 10.1 Å². The second kappa shape index (κ2) is 7.15. The number of carbonyl (C=O) groups is 1. The van der Waals surface area contributed by atoms with Gasteiger partial charge < -0.3 is 14.8 Å². The summed E-state index contributed by atoms with van der Waals surface area (Å²) in [6.45, 7) is 9.40. The van der Waals surface area contributed by atoms with Gasteiger partial charge in [-0.3, -0.25) is 0 Å². The minimum atomic E-state index is -0.472. The molecule has 1 aromatic heterocycles. The lowest BCUT2D eigenvalue weighted by molar-refractivity contribution is -0.143. The lowest BCUT2D eigenvalue weighted by atomic mass is 9.95. The molecule has 3 rings (SSSR count). The van der Waals surface area contributed by atoms with Crippen LogP contribution in [0.5, 0.6) is 5.75 Å². The molecule has 0 spiro atoms. The first-order valence-corrected chi connectivity index (χ1v) is 8.60. The Labute approximate surface area is 152 Å². The molecular weight excluding hydrogens is 334 g/mol. The summed E-state index contributed by atoms with van der Waals surface area (Å²) in [5, 5.41) is 14.8. The number of aromatic nitrogens is 4. The molecule has 1 unspecified atom stereocenters. The highest BCUT2D eigenvalue weighted by molar-refractivity contribution is 5.92. The lowest BCUT2D eigenvalue weighted by Crippen LogP contribution is -2.30. The highest BCUT2D eigenvalue weighted by Gasteiger charge is 2.35. The van der Waals surface area contributed by atoms with E-state index >= 15 is 0 Å². The molecular formula is C18H23N5O3. The van der Waals surface area contributed by atoms with Crippen molar-refractivity contribution >= 4 is 11.9 Å². The molecule has 0 fully saturated rings. The summed E-state index contributed by atoms with van der Waals surface area (Å²) in [7, 11) is 0. The minimum absolute atomic E-state index is 0.0876. The molecule has 8 nitrogen and oxygen atoms in total. The van der Waals surface area contributed by atoms with Crippen LogP contribution in [0.25, 0.3) is 0 Å². The number of carbonyl (C=O) groups excluding carboxylic acids is 1. The zero-order valence-corrected chi connectivity index (χ0v) is 15.6. The second-order valence-electron chi connectivity index (χ2n) is 6.70. The maximum atomic E-state index is 12.7. The molecule has 2 aromatic rings. The highest BCUT2D eigenvalue weighted by atomic mass is 16.5. The molecule has 1 aromatic carbocycles. The Kier molecular flexibility index (Phi) is 4.92. The van der Waals surface area contributed by atoms with Gasteiger partial charge in [0.25, 0.3) is 0 Å². The molecule has 0 saturated heterocycles. The van der Waals surface area contributed by atoms with Gasteiger partial charge >= 0.3 is 5.97 Å². The van der Waals surface area contributed by atoms with Crippen LogP contribution in [0.1, 0.15) is 46.2 Å². The van der Waals surface area contributed by atoms with Crippen molar-refractivity contribution in [2.24, 2.45) is 0 Å². The van der Waals surface area contributed by atoms with E-state index in [-0.39, 0.29) is 12.2 Å². The van der Waals surface area contributed by atoms with Gasteiger partial charge in [-0.1, -0.05) is 17.2 Å². The molecule has 8 heteroatoms. The molecule has 1 aliphatic rings. The molecule has 0 bridgehead atoms. The fourth-order valence-corrected chi connectivity index (χ4v) is 2.86. The molecule has 0 aliphatic carbocycles. The van der Waals surface area contributed by atoms with E-state index in [1.807, 2.05) is 58.9 Å². The number of hydrogen-bond donors (Lipinski definition) is 1. The molecule has 1 atom stereocenters. The molecule has 2 heterocycles. The number of nitrogens with one attached hydrogen (secondary N) is 1. The molecule has 26 heavy (non-hydrogen) atoms. The van der Waals surface area contributed by atoms with Crippen molar-refractivity contribution in [3.63, 3.8) is 0 Å². The van der Waals surface area contributed by atoms with Crippen LogP contribution in [-0.2, 0) is 9.53 Å². The Morgan fingerprint density at radius 2 is 1.85 bits per heavy atom. The smallest absolute Gasteiger partial charge is 0.338 e. The normalized spacial score (nSPS) is 16.5. The quantitative estimate of drug-likeness (QED) is 0.823. The number of benzene rings is 1. The molecule has 1 aliphatic heterocycles. The van der Waals surface area contributed by atoms with E-state index in [2.05, 4.69) is 20.8 Å². The lowest BCUT2D eigenvalue weighted by Gasteiger charge is -2.28. The Morgan fingerprint density at radius 3 is 2.46 bits per heavy atom. The predicted molar refractivity (Wildman–Crippen MR) is 95.7 cm³/mol. The van der Waals surface area contributed by atoms with E-state index in [1.54, 1.807) is 4.68 Å². The van der Waals surface area contributed by atoms with E-state index in [1.165, 1.54) is 0 Å². The number of fused-ring (bicyclic) bond motifs is 1. The Bertz CT molecular complexity index is 824. The Morgan fingerprint density at radius 1 is 1.15 bits per heavy atom. The van der Waals surface area contributed by atoms with E-state index < -0.39 is 12.0 Å². The summed E-state index contributed by atoms with van der Waals surface area (Å²) in [6, 6.07) is 7.11. The van der Waals surface area contributed by atoms with E-state index in [4.69, 9.17) is 9.47 Å². The fourth-order valence-electron chi connectivity index (χ4n) is 2.86.